The first kappa shape index (κ1) is 16.2. The van der Waals surface area contributed by atoms with Crippen molar-refractivity contribution in [1.29, 1.82) is 0 Å². The van der Waals surface area contributed by atoms with Gasteiger partial charge >= 0.3 is 0 Å². The van der Waals surface area contributed by atoms with Gasteiger partial charge < -0.3 is 19.9 Å². The van der Waals surface area contributed by atoms with Crippen LogP contribution in [0.4, 0.5) is 0 Å². The maximum atomic E-state index is 5.76. The van der Waals surface area contributed by atoms with Gasteiger partial charge in [-0.1, -0.05) is 0 Å². The molecule has 1 aromatic rings. The van der Waals surface area contributed by atoms with E-state index in [2.05, 4.69) is 37.5 Å². The Morgan fingerprint density at radius 1 is 1.67 bits per heavy atom. The summed E-state index contributed by atoms with van der Waals surface area (Å²) in [5, 5.41) is 6.58. The van der Waals surface area contributed by atoms with Crippen molar-refractivity contribution in [3.8, 4) is 0 Å². The fourth-order valence-electron chi connectivity index (χ4n) is 2.38. The number of hydrogen-bond donors (Lipinski definition) is 1. The number of aromatic nitrogens is 1. The smallest absolute Gasteiger partial charge is 0.193 e. The van der Waals surface area contributed by atoms with Gasteiger partial charge in [0.05, 0.1) is 30.0 Å². The number of thiazole rings is 1. The molecule has 0 aromatic carbocycles. The van der Waals surface area contributed by atoms with Crippen LogP contribution in [0.5, 0.6) is 0 Å². The predicted molar refractivity (Wildman–Crippen MR) is 86.9 cm³/mol. The first-order chi connectivity index (χ1) is 10.1. The van der Waals surface area contributed by atoms with Crippen molar-refractivity contribution in [1.82, 2.24) is 20.1 Å². The molecule has 1 aliphatic heterocycles. The quantitative estimate of drug-likeness (QED) is 0.658. The van der Waals surface area contributed by atoms with Crippen molar-refractivity contribution in [2.24, 2.45) is 4.99 Å². The van der Waals surface area contributed by atoms with E-state index >= 15 is 0 Å². The molecule has 0 amide bonds. The van der Waals surface area contributed by atoms with Crippen LogP contribution in [0, 0.1) is 6.92 Å². The molecule has 1 aliphatic rings. The summed E-state index contributed by atoms with van der Waals surface area (Å²) in [6.45, 7) is 6.33. The molecule has 21 heavy (non-hydrogen) atoms. The van der Waals surface area contributed by atoms with Crippen LogP contribution in [-0.2, 0) is 11.3 Å². The summed E-state index contributed by atoms with van der Waals surface area (Å²) in [4.78, 5) is 13.2. The SMILES string of the molecule is CN=C(NCC1CN(C)CCO1)N(C)Cc1csc(C)n1. The fraction of sp³-hybridized carbons (Fsp3) is 0.714. The Bertz CT molecular complexity index is 476. The third-order valence-electron chi connectivity index (χ3n) is 3.47. The van der Waals surface area contributed by atoms with E-state index in [1.165, 1.54) is 0 Å². The molecule has 0 aliphatic carbocycles. The Morgan fingerprint density at radius 2 is 2.48 bits per heavy atom. The Morgan fingerprint density at radius 3 is 3.10 bits per heavy atom. The monoisotopic (exact) mass is 311 g/mol. The average molecular weight is 311 g/mol. The van der Waals surface area contributed by atoms with Crippen LogP contribution < -0.4 is 5.32 Å². The second-order valence-corrected chi connectivity index (χ2v) is 6.46. The maximum Gasteiger partial charge on any atom is 0.193 e. The van der Waals surface area contributed by atoms with Crippen molar-refractivity contribution >= 4 is 17.3 Å². The number of aryl methyl sites for hydroxylation is 1. The number of aliphatic imine (C=N–C) groups is 1. The Hall–Kier alpha value is -1.18. The standard InChI is InChI=1S/C14H25N5OS/c1-11-17-12(10-21-11)8-19(4)14(15-2)16-7-13-9-18(3)5-6-20-13/h10,13H,5-9H2,1-4H3,(H,15,16). The highest BCUT2D eigenvalue weighted by Gasteiger charge is 2.18. The van der Waals surface area contributed by atoms with Crippen molar-refractivity contribution in [3.63, 3.8) is 0 Å². The molecule has 0 spiro atoms. The molecule has 1 N–H and O–H groups in total. The zero-order chi connectivity index (χ0) is 15.2. The highest BCUT2D eigenvalue weighted by molar-refractivity contribution is 7.09. The summed E-state index contributed by atoms with van der Waals surface area (Å²) < 4.78 is 5.76. The van der Waals surface area contributed by atoms with Gasteiger partial charge in [-0.25, -0.2) is 4.98 Å². The lowest BCUT2D eigenvalue weighted by Crippen LogP contribution is -2.48. The highest BCUT2D eigenvalue weighted by atomic mass is 32.1. The lowest BCUT2D eigenvalue weighted by Gasteiger charge is -2.31. The molecular formula is C14H25N5OS. The molecule has 0 bridgehead atoms. The van der Waals surface area contributed by atoms with Crippen molar-refractivity contribution in [2.75, 3.05) is 47.4 Å². The molecule has 2 rings (SSSR count). The molecule has 2 heterocycles. The highest BCUT2D eigenvalue weighted by Crippen LogP contribution is 2.10. The minimum atomic E-state index is 0.218. The van der Waals surface area contributed by atoms with Gasteiger partial charge in [0.2, 0.25) is 0 Å². The van der Waals surface area contributed by atoms with Gasteiger partial charge in [-0.05, 0) is 14.0 Å². The van der Waals surface area contributed by atoms with Gasteiger partial charge in [-0.15, -0.1) is 11.3 Å². The number of ether oxygens (including phenoxy) is 1. The number of morpholine rings is 1. The zero-order valence-electron chi connectivity index (χ0n) is 13.3. The topological polar surface area (TPSA) is 53.0 Å². The molecule has 0 saturated carbocycles. The van der Waals surface area contributed by atoms with Crippen LogP contribution in [0.3, 0.4) is 0 Å². The average Bonchev–Trinajstić information content (AvgIpc) is 2.85. The second-order valence-electron chi connectivity index (χ2n) is 5.40. The van der Waals surface area contributed by atoms with Crippen molar-refractivity contribution in [2.45, 2.75) is 19.6 Å². The zero-order valence-corrected chi connectivity index (χ0v) is 14.1. The summed E-state index contributed by atoms with van der Waals surface area (Å²) in [5.74, 6) is 0.873. The van der Waals surface area contributed by atoms with E-state index in [1.807, 2.05) is 14.0 Å². The van der Waals surface area contributed by atoms with Crippen LogP contribution in [0.15, 0.2) is 10.4 Å². The number of guanidine groups is 1. The number of rotatable bonds is 4. The van der Waals surface area contributed by atoms with Crippen LogP contribution >= 0.6 is 11.3 Å². The van der Waals surface area contributed by atoms with E-state index in [0.29, 0.717) is 0 Å². The first-order valence-corrected chi connectivity index (χ1v) is 8.09. The molecule has 1 fully saturated rings. The van der Waals surface area contributed by atoms with Crippen LogP contribution in [0.2, 0.25) is 0 Å². The third-order valence-corrected chi connectivity index (χ3v) is 4.29. The number of hydrogen-bond acceptors (Lipinski definition) is 5. The minimum Gasteiger partial charge on any atom is -0.374 e. The van der Waals surface area contributed by atoms with E-state index in [-0.39, 0.29) is 6.10 Å². The van der Waals surface area contributed by atoms with E-state index in [1.54, 1.807) is 18.4 Å². The summed E-state index contributed by atoms with van der Waals surface area (Å²) in [6, 6.07) is 0. The third kappa shape index (κ3) is 4.94. The van der Waals surface area contributed by atoms with Crippen LogP contribution in [0.25, 0.3) is 0 Å². The molecule has 0 radical (unpaired) electrons. The summed E-state index contributed by atoms with van der Waals surface area (Å²) in [6.07, 6.45) is 0.218. The number of likely N-dealkylation sites (N-methyl/N-ethyl adjacent to an activating group) is 1. The van der Waals surface area contributed by atoms with Crippen LogP contribution in [-0.4, -0.2) is 74.2 Å². The molecule has 1 atom stereocenters. The van der Waals surface area contributed by atoms with E-state index in [9.17, 15) is 0 Å². The van der Waals surface area contributed by atoms with Gasteiger partial charge in [-0.3, -0.25) is 4.99 Å². The van der Waals surface area contributed by atoms with Gasteiger partial charge in [-0.2, -0.15) is 0 Å². The largest absolute Gasteiger partial charge is 0.374 e. The molecule has 1 unspecified atom stereocenters. The summed E-state index contributed by atoms with van der Waals surface area (Å²) >= 11 is 1.68. The fourth-order valence-corrected chi connectivity index (χ4v) is 2.98. The Labute approximate surface area is 130 Å². The molecule has 1 aromatic heterocycles. The summed E-state index contributed by atoms with van der Waals surface area (Å²) in [7, 11) is 5.96. The second kappa shape index (κ2) is 7.72. The van der Waals surface area contributed by atoms with E-state index in [0.717, 1.165) is 49.4 Å². The lowest BCUT2D eigenvalue weighted by atomic mass is 10.3. The Kier molecular flexibility index (Phi) is 5.96. The molecule has 6 nitrogen and oxygen atoms in total. The predicted octanol–water partition coefficient (Wildman–Crippen LogP) is 0.789. The maximum absolute atomic E-state index is 5.76. The number of nitrogens with one attached hydrogen (secondary N) is 1. The minimum absolute atomic E-state index is 0.218. The molecule has 118 valence electrons. The van der Waals surface area contributed by atoms with Gasteiger partial charge in [0, 0.05) is 39.1 Å². The van der Waals surface area contributed by atoms with Crippen molar-refractivity contribution in [3.05, 3.63) is 16.1 Å². The van der Waals surface area contributed by atoms with E-state index < -0.39 is 0 Å². The van der Waals surface area contributed by atoms with Gasteiger partial charge in [0.15, 0.2) is 5.96 Å². The van der Waals surface area contributed by atoms with Crippen LogP contribution in [0.1, 0.15) is 10.7 Å². The molecular weight excluding hydrogens is 286 g/mol. The van der Waals surface area contributed by atoms with Gasteiger partial charge in [0.25, 0.3) is 0 Å². The number of nitrogens with zero attached hydrogens (tertiary/aromatic N) is 4. The van der Waals surface area contributed by atoms with Crippen molar-refractivity contribution < 1.29 is 4.74 Å². The van der Waals surface area contributed by atoms with Gasteiger partial charge in [0.1, 0.15) is 0 Å². The Balaban J connectivity index is 1.81. The summed E-state index contributed by atoms with van der Waals surface area (Å²) in [5.41, 5.74) is 1.08. The lowest BCUT2D eigenvalue weighted by molar-refractivity contribution is -0.0163. The molecule has 1 saturated heterocycles. The molecule has 7 heteroatoms. The van der Waals surface area contributed by atoms with E-state index in [4.69, 9.17) is 4.74 Å². The first-order valence-electron chi connectivity index (χ1n) is 7.21. The normalized spacial score (nSPS) is 20.6.